The molecular weight excluding hydrogens is 302 g/mol. The summed E-state index contributed by atoms with van der Waals surface area (Å²) in [7, 11) is -3.55. The van der Waals surface area contributed by atoms with Crippen molar-refractivity contribution < 1.29 is 13.2 Å². The van der Waals surface area contributed by atoms with E-state index in [0.29, 0.717) is 24.6 Å². The number of carbonyl (C=O) groups is 1. The summed E-state index contributed by atoms with van der Waals surface area (Å²) < 4.78 is 27.6. The molecule has 2 rings (SSSR count). The first-order valence-corrected chi connectivity index (χ1v) is 9.03. The fourth-order valence-electron chi connectivity index (χ4n) is 2.38. The molecule has 1 amide bonds. The van der Waals surface area contributed by atoms with Crippen LogP contribution in [0.2, 0.25) is 0 Å². The maximum atomic E-state index is 12.4. The van der Waals surface area contributed by atoms with Crippen LogP contribution < -0.4 is 15.4 Å². The average molecular weight is 325 g/mol. The van der Waals surface area contributed by atoms with Gasteiger partial charge in [-0.1, -0.05) is 13.8 Å². The minimum Gasteiger partial charge on any atom is -0.326 e. The van der Waals surface area contributed by atoms with Crippen molar-refractivity contribution in [2.24, 2.45) is 5.92 Å². The third-order valence-corrected chi connectivity index (χ3v) is 5.41. The van der Waals surface area contributed by atoms with Gasteiger partial charge in [0.2, 0.25) is 15.9 Å². The van der Waals surface area contributed by atoms with Gasteiger partial charge in [-0.3, -0.25) is 4.79 Å². The van der Waals surface area contributed by atoms with Crippen LogP contribution in [0, 0.1) is 5.92 Å². The van der Waals surface area contributed by atoms with E-state index in [1.165, 1.54) is 12.1 Å². The predicted octanol–water partition coefficient (Wildman–Crippen LogP) is 1.31. The molecule has 1 heterocycles. The average Bonchev–Trinajstić information content (AvgIpc) is 2.50. The Balaban J connectivity index is 2.07. The number of anilines is 1. The summed E-state index contributed by atoms with van der Waals surface area (Å²) in [5.41, 5.74) is 0.596. The Bertz CT molecular complexity index is 613. The second-order valence-electron chi connectivity index (χ2n) is 5.62. The standard InChI is InChI=1S/C15H23N3O3S/c1-3-15(19)17-12-4-6-13(7-5-12)22(20,21)18-14-10-16-9-8-11(14)2/h4-7,11,14,16,18H,3,8-10H2,1-2H3,(H,17,19). The van der Waals surface area contributed by atoms with E-state index >= 15 is 0 Å². The van der Waals surface area contributed by atoms with Crippen molar-refractivity contribution in [3.63, 3.8) is 0 Å². The van der Waals surface area contributed by atoms with Crippen molar-refractivity contribution in [2.75, 3.05) is 18.4 Å². The molecule has 0 bridgehead atoms. The Labute approximate surface area is 131 Å². The van der Waals surface area contributed by atoms with Gasteiger partial charge in [-0.15, -0.1) is 0 Å². The molecule has 1 aliphatic rings. The van der Waals surface area contributed by atoms with Gasteiger partial charge in [0, 0.05) is 24.7 Å². The van der Waals surface area contributed by atoms with Gasteiger partial charge in [0.05, 0.1) is 4.90 Å². The molecule has 1 fully saturated rings. The molecule has 0 aliphatic carbocycles. The second kappa shape index (κ2) is 7.21. The highest BCUT2D eigenvalue weighted by Crippen LogP contribution is 2.17. The van der Waals surface area contributed by atoms with Gasteiger partial charge in [0.25, 0.3) is 0 Å². The van der Waals surface area contributed by atoms with E-state index in [4.69, 9.17) is 0 Å². The highest BCUT2D eigenvalue weighted by Gasteiger charge is 2.26. The molecule has 0 saturated carbocycles. The van der Waals surface area contributed by atoms with Crippen LogP contribution in [0.3, 0.4) is 0 Å². The predicted molar refractivity (Wildman–Crippen MR) is 86.1 cm³/mol. The van der Waals surface area contributed by atoms with Crippen molar-refractivity contribution in [1.82, 2.24) is 10.0 Å². The van der Waals surface area contributed by atoms with Crippen LogP contribution in [0.15, 0.2) is 29.2 Å². The normalized spacial score (nSPS) is 22.3. The van der Waals surface area contributed by atoms with Crippen molar-refractivity contribution in [2.45, 2.75) is 37.6 Å². The highest BCUT2D eigenvalue weighted by molar-refractivity contribution is 7.89. The van der Waals surface area contributed by atoms with Crippen molar-refractivity contribution in [3.05, 3.63) is 24.3 Å². The van der Waals surface area contributed by atoms with E-state index in [2.05, 4.69) is 22.3 Å². The molecular formula is C15H23N3O3S. The number of hydrogen-bond donors (Lipinski definition) is 3. The maximum absolute atomic E-state index is 12.4. The third kappa shape index (κ3) is 4.28. The number of piperidine rings is 1. The molecule has 1 aromatic carbocycles. The van der Waals surface area contributed by atoms with Crippen molar-refractivity contribution in [3.8, 4) is 0 Å². The van der Waals surface area contributed by atoms with Crippen LogP contribution in [-0.2, 0) is 14.8 Å². The van der Waals surface area contributed by atoms with Crippen molar-refractivity contribution in [1.29, 1.82) is 0 Å². The smallest absolute Gasteiger partial charge is 0.240 e. The molecule has 1 saturated heterocycles. The fraction of sp³-hybridized carbons (Fsp3) is 0.533. The lowest BCUT2D eigenvalue weighted by Gasteiger charge is -2.29. The Morgan fingerprint density at radius 1 is 1.32 bits per heavy atom. The van der Waals surface area contributed by atoms with E-state index in [-0.39, 0.29) is 16.8 Å². The van der Waals surface area contributed by atoms with Gasteiger partial charge in [0.15, 0.2) is 0 Å². The quantitative estimate of drug-likeness (QED) is 0.762. The van der Waals surface area contributed by atoms with E-state index in [1.54, 1.807) is 19.1 Å². The monoisotopic (exact) mass is 325 g/mol. The summed E-state index contributed by atoms with van der Waals surface area (Å²) >= 11 is 0. The number of sulfonamides is 1. The molecule has 0 radical (unpaired) electrons. The van der Waals surface area contributed by atoms with E-state index in [0.717, 1.165) is 13.0 Å². The lowest BCUT2D eigenvalue weighted by atomic mass is 9.96. The second-order valence-corrected chi connectivity index (χ2v) is 7.34. The molecule has 6 nitrogen and oxygen atoms in total. The first kappa shape index (κ1) is 16.9. The number of hydrogen-bond acceptors (Lipinski definition) is 4. The molecule has 2 atom stereocenters. The minimum absolute atomic E-state index is 0.0989. The van der Waals surface area contributed by atoms with Crippen molar-refractivity contribution >= 4 is 21.6 Å². The maximum Gasteiger partial charge on any atom is 0.240 e. The highest BCUT2D eigenvalue weighted by atomic mass is 32.2. The first-order valence-electron chi connectivity index (χ1n) is 7.55. The lowest BCUT2D eigenvalue weighted by Crippen LogP contribution is -2.50. The summed E-state index contributed by atoms with van der Waals surface area (Å²) in [5, 5.41) is 5.90. The summed E-state index contributed by atoms with van der Waals surface area (Å²) in [6.45, 7) is 5.38. The fourth-order valence-corrected chi connectivity index (χ4v) is 3.73. The largest absolute Gasteiger partial charge is 0.326 e. The van der Waals surface area contributed by atoms with E-state index < -0.39 is 10.0 Å². The zero-order chi connectivity index (χ0) is 16.2. The molecule has 3 N–H and O–H groups in total. The van der Waals surface area contributed by atoms with Gasteiger partial charge >= 0.3 is 0 Å². The van der Waals surface area contributed by atoms with E-state index in [1.807, 2.05) is 0 Å². The third-order valence-electron chi connectivity index (χ3n) is 3.90. The zero-order valence-electron chi connectivity index (χ0n) is 12.9. The minimum atomic E-state index is -3.55. The number of carbonyl (C=O) groups excluding carboxylic acids is 1. The Morgan fingerprint density at radius 2 is 2.00 bits per heavy atom. The molecule has 122 valence electrons. The Morgan fingerprint density at radius 3 is 2.59 bits per heavy atom. The number of nitrogens with one attached hydrogen (secondary N) is 3. The van der Waals surface area contributed by atoms with Crippen LogP contribution in [0.25, 0.3) is 0 Å². The summed E-state index contributed by atoms with van der Waals surface area (Å²) in [4.78, 5) is 11.5. The van der Waals surface area contributed by atoms with Gasteiger partial charge in [-0.25, -0.2) is 13.1 Å². The van der Waals surface area contributed by atoms with E-state index in [9.17, 15) is 13.2 Å². The van der Waals surface area contributed by atoms with Gasteiger partial charge in [-0.05, 0) is 43.1 Å². The molecule has 0 aromatic heterocycles. The SMILES string of the molecule is CCC(=O)Nc1ccc(S(=O)(=O)NC2CNCCC2C)cc1. The molecule has 1 aromatic rings. The van der Waals surface area contributed by atoms with Crippen LogP contribution in [0.5, 0.6) is 0 Å². The summed E-state index contributed by atoms with van der Waals surface area (Å²) in [6, 6.07) is 6.12. The van der Waals surface area contributed by atoms with Gasteiger partial charge < -0.3 is 10.6 Å². The molecule has 1 aliphatic heterocycles. The molecule has 2 unspecified atom stereocenters. The Kier molecular flexibility index (Phi) is 5.55. The summed E-state index contributed by atoms with van der Waals surface area (Å²) in [6.07, 6.45) is 1.34. The number of benzene rings is 1. The first-order chi connectivity index (χ1) is 10.4. The van der Waals surface area contributed by atoms with Gasteiger partial charge in [-0.2, -0.15) is 0 Å². The topological polar surface area (TPSA) is 87.3 Å². The Hall–Kier alpha value is -1.44. The lowest BCUT2D eigenvalue weighted by molar-refractivity contribution is -0.115. The number of amides is 1. The molecule has 7 heteroatoms. The zero-order valence-corrected chi connectivity index (χ0v) is 13.7. The van der Waals surface area contributed by atoms with Crippen LogP contribution >= 0.6 is 0 Å². The number of rotatable bonds is 5. The van der Waals surface area contributed by atoms with Gasteiger partial charge in [0.1, 0.15) is 0 Å². The summed E-state index contributed by atoms with van der Waals surface area (Å²) in [5.74, 6) is 0.204. The van der Waals surface area contributed by atoms with Crippen LogP contribution in [-0.4, -0.2) is 33.5 Å². The van der Waals surface area contributed by atoms with Crippen LogP contribution in [0.1, 0.15) is 26.7 Å². The molecule has 0 spiro atoms. The molecule has 22 heavy (non-hydrogen) atoms. The van der Waals surface area contributed by atoms with Crippen LogP contribution in [0.4, 0.5) is 5.69 Å².